The van der Waals surface area contributed by atoms with Crippen molar-refractivity contribution < 1.29 is 4.79 Å². The van der Waals surface area contributed by atoms with E-state index in [4.69, 9.17) is 0 Å². The number of hydrogen-bond acceptors (Lipinski definition) is 2. The van der Waals surface area contributed by atoms with Crippen molar-refractivity contribution in [3.63, 3.8) is 0 Å². The minimum Gasteiger partial charge on any atom is -0.332 e. The summed E-state index contributed by atoms with van der Waals surface area (Å²) in [6.45, 7) is 8.31. The molecule has 0 unspecified atom stereocenters. The third kappa shape index (κ3) is 4.06. The molecule has 22 heavy (non-hydrogen) atoms. The van der Waals surface area contributed by atoms with Crippen LogP contribution < -0.4 is 0 Å². The monoisotopic (exact) mass is 293 g/mol. The lowest BCUT2D eigenvalue weighted by Gasteiger charge is -2.16. The third-order valence-electron chi connectivity index (χ3n) is 3.05. The molecule has 112 valence electrons. The van der Waals surface area contributed by atoms with E-state index in [1.807, 2.05) is 36.5 Å². The van der Waals surface area contributed by atoms with E-state index in [0.717, 1.165) is 11.3 Å². The highest BCUT2D eigenvalue weighted by Crippen LogP contribution is 2.09. The Labute approximate surface area is 130 Å². The van der Waals surface area contributed by atoms with Crippen molar-refractivity contribution >= 4 is 12.0 Å². The first-order valence-corrected chi connectivity index (χ1v) is 7.03. The number of carbonyl (C=O) groups excluding carboxylic acids is 1. The highest BCUT2D eigenvalue weighted by molar-refractivity contribution is 5.91. The van der Waals surface area contributed by atoms with Crippen molar-refractivity contribution in [1.82, 2.24) is 14.7 Å². The Morgan fingerprint density at radius 2 is 1.86 bits per heavy atom. The number of rotatable bonds is 7. The average Bonchev–Trinajstić information content (AvgIpc) is 3.02. The summed E-state index contributed by atoms with van der Waals surface area (Å²) in [5.74, 6) is -0.0766. The standard InChI is InChI=1S/C18H19N3O/c1-3-12-20(13-4-2)18(22)11-10-16-14-19-21(15-16)17-8-6-5-7-9-17/h3-11,14-15H,1-2,12-13H2/b11-10+. The fourth-order valence-electron chi connectivity index (χ4n) is 1.98. The summed E-state index contributed by atoms with van der Waals surface area (Å²) < 4.78 is 1.77. The van der Waals surface area contributed by atoms with Crippen LogP contribution in [0.2, 0.25) is 0 Å². The van der Waals surface area contributed by atoms with E-state index in [2.05, 4.69) is 18.3 Å². The molecule has 0 N–H and O–H groups in total. The number of para-hydroxylation sites is 1. The van der Waals surface area contributed by atoms with E-state index in [0.29, 0.717) is 13.1 Å². The molecule has 1 aromatic heterocycles. The van der Waals surface area contributed by atoms with Gasteiger partial charge >= 0.3 is 0 Å². The van der Waals surface area contributed by atoms with E-state index >= 15 is 0 Å². The summed E-state index contributed by atoms with van der Waals surface area (Å²) in [5.41, 5.74) is 1.85. The number of carbonyl (C=O) groups is 1. The molecule has 0 atom stereocenters. The summed E-state index contributed by atoms with van der Waals surface area (Å²) in [4.78, 5) is 13.7. The third-order valence-corrected chi connectivity index (χ3v) is 3.05. The van der Waals surface area contributed by atoms with E-state index in [1.54, 1.807) is 40.1 Å². The maximum Gasteiger partial charge on any atom is 0.247 e. The molecule has 0 saturated carbocycles. The predicted octanol–water partition coefficient (Wildman–Crippen LogP) is 3.09. The van der Waals surface area contributed by atoms with Gasteiger partial charge in [-0.25, -0.2) is 4.68 Å². The SMILES string of the molecule is C=CCN(CC=C)C(=O)/C=C/c1cnn(-c2ccccc2)c1. The van der Waals surface area contributed by atoms with Crippen molar-refractivity contribution in [2.45, 2.75) is 0 Å². The normalized spacial score (nSPS) is 10.5. The molecule has 1 amide bonds. The van der Waals surface area contributed by atoms with Gasteiger partial charge in [0.2, 0.25) is 5.91 Å². The van der Waals surface area contributed by atoms with Crippen LogP contribution >= 0.6 is 0 Å². The topological polar surface area (TPSA) is 38.1 Å². The molecule has 4 nitrogen and oxygen atoms in total. The Morgan fingerprint density at radius 1 is 1.18 bits per heavy atom. The van der Waals surface area contributed by atoms with Gasteiger partial charge in [-0.3, -0.25) is 4.79 Å². The summed E-state index contributed by atoms with van der Waals surface area (Å²) in [5, 5.41) is 4.29. The van der Waals surface area contributed by atoms with Crippen LogP contribution in [-0.4, -0.2) is 33.7 Å². The zero-order chi connectivity index (χ0) is 15.8. The van der Waals surface area contributed by atoms with Crippen molar-refractivity contribution in [3.8, 4) is 5.69 Å². The van der Waals surface area contributed by atoms with Gasteiger partial charge in [0.1, 0.15) is 0 Å². The van der Waals surface area contributed by atoms with E-state index in [1.165, 1.54) is 0 Å². The van der Waals surface area contributed by atoms with Gasteiger partial charge < -0.3 is 4.90 Å². The van der Waals surface area contributed by atoms with Gasteiger partial charge in [0.05, 0.1) is 11.9 Å². The second-order valence-corrected chi connectivity index (χ2v) is 4.71. The first kappa shape index (κ1) is 15.5. The summed E-state index contributed by atoms with van der Waals surface area (Å²) in [6.07, 6.45) is 10.3. The van der Waals surface area contributed by atoms with Crippen molar-refractivity contribution in [2.24, 2.45) is 0 Å². The van der Waals surface area contributed by atoms with Crippen molar-refractivity contribution in [3.05, 3.63) is 79.7 Å². The van der Waals surface area contributed by atoms with Crippen LogP contribution in [0.4, 0.5) is 0 Å². The highest BCUT2D eigenvalue weighted by Gasteiger charge is 2.06. The molecular weight excluding hydrogens is 274 g/mol. The largest absolute Gasteiger partial charge is 0.332 e. The molecule has 2 aromatic rings. The van der Waals surface area contributed by atoms with E-state index < -0.39 is 0 Å². The zero-order valence-corrected chi connectivity index (χ0v) is 12.4. The Morgan fingerprint density at radius 3 is 2.50 bits per heavy atom. The Balaban J connectivity index is 2.07. The Bertz CT molecular complexity index is 661. The van der Waals surface area contributed by atoms with Crippen LogP contribution in [-0.2, 0) is 4.79 Å². The van der Waals surface area contributed by atoms with E-state index in [9.17, 15) is 4.79 Å². The lowest BCUT2D eigenvalue weighted by atomic mass is 10.3. The number of aromatic nitrogens is 2. The minimum atomic E-state index is -0.0766. The first-order chi connectivity index (χ1) is 10.7. The second kappa shape index (κ2) is 7.78. The molecule has 0 aliphatic rings. The summed E-state index contributed by atoms with van der Waals surface area (Å²) in [6, 6.07) is 9.82. The lowest BCUT2D eigenvalue weighted by molar-refractivity contribution is -0.124. The average molecular weight is 293 g/mol. The molecule has 4 heteroatoms. The van der Waals surface area contributed by atoms with Gasteiger partial charge in [-0.05, 0) is 18.2 Å². The summed E-state index contributed by atoms with van der Waals surface area (Å²) >= 11 is 0. The van der Waals surface area contributed by atoms with Gasteiger partial charge in [-0.2, -0.15) is 5.10 Å². The number of hydrogen-bond donors (Lipinski definition) is 0. The molecule has 0 aliphatic carbocycles. The number of amides is 1. The van der Waals surface area contributed by atoms with Gasteiger partial charge in [0, 0.05) is 30.9 Å². The maximum atomic E-state index is 12.1. The van der Waals surface area contributed by atoms with Crippen LogP contribution in [0.25, 0.3) is 11.8 Å². The van der Waals surface area contributed by atoms with Gasteiger partial charge in [0.15, 0.2) is 0 Å². The summed E-state index contributed by atoms with van der Waals surface area (Å²) in [7, 11) is 0. The van der Waals surface area contributed by atoms with Crippen molar-refractivity contribution in [1.29, 1.82) is 0 Å². The lowest BCUT2D eigenvalue weighted by Crippen LogP contribution is -2.29. The number of benzene rings is 1. The molecule has 1 heterocycles. The van der Waals surface area contributed by atoms with Crippen LogP contribution in [0.5, 0.6) is 0 Å². The predicted molar refractivity (Wildman–Crippen MR) is 89.6 cm³/mol. The van der Waals surface area contributed by atoms with Crippen LogP contribution in [0, 0.1) is 0 Å². The zero-order valence-electron chi connectivity index (χ0n) is 12.4. The van der Waals surface area contributed by atoms with Crippen LogP contribution in [0.15, 0.2) is 74.1 Å². The molecule has 0 bridgehead atoms. The molecule has 0 radical (unpaired) electrons. The molecule has 0 saturated heterocycles. The molecule has 0 spiro atoms. The molecule has 0 fully saturated rings. The molecule has 0 aliphatic heterocycles. The quantitative estimate of drug-likeness (QED) is 0.581. The fourth-order valence-corrected chi connectivity index (χ4v) is 1.98. The molecular formula is C18H19N3O. The second-order valence-electron chi connectivity index (χ2n) is 4.71. The Kier molecular flexibility index (Phi) is 5.49. The first-order valence-electron chi connectivity index (χ1n) is 7.03. The maximum absolute atomic E-state index is 12.1. The molecule has 2 rings (SSSR count). The van der Waals surface area contributed by atoms with Crippen LogP contribution in [0.3, 0.4) is 0 Å². The van der Waals surface area contributed by atoms with Gasteiger partial charge in [0.25, 0.3) is 0 Å². The smallest absolute Gasteiger partial charge is 0.247 e. The minimum absolute atomic E-state index is 0.0766. The van der Waals surface area contributed by atoms with Crippen LogP contribution in [0.1, 0.15) is 5.56 Å². The fraction of sp³-hybridized carbons (Fsp3) is 0.111. The van der Waals surface area contributed by atoms with Gasteiger partial charge in [-0.15, -0.1) is 13.2 Å². The Hall–Kier alpha value is -2.88. The highest BCUT2D eigenvalue weighted by atomic mass is 16.2. The number of nitrogens with zero attached hydrogens (tertiary/aromatic N) is 3. The van der Waals surface area contributed by atoms with Crippen molar-refractivity contribution in [2.75, 3.05) is 13.1 Å². The molecule has 1 aromatic carbocycles. The van der Waals surface area contributed by atoms with E-state index in [-0.39, 0.29) is 5.91 Å². The van der Waals surface area contributed by atoms with Gasteiger partial charge in [-0.1, -0.05) is 30.4 Å².